The molecule has 0 saturated carbocycles. The number of nitrogens with zero attached hydrogens (tertiary/aromatic N) is 1. The lowest BCUT2D eigenvalue weighted by atomic mass is 10.0. The summed E-state index contributed by atoms with van der Waals surface area (Å²) in [6.45, 7) is 6.54. The quantitative estimate of drug-likeness (QED) is 0.760. The zero-order valence-corrected chi connectivity index (χ0v) is 18.5. The number of ketones is 1. The third-order valence-electron chi connectivity index (χ3n) is 5.02. The summed E-state index contributed by atoms with van der Waals surface area (Å²) in [7, 11) is 0. The molecule has 164 valence electrons. The molecule has 0 aliphatic carbocycles. The first-order chi connectivity index (χ1) is 12.4. The number of hydrogen-bond acceptors (Lipinski definition) is 4. The Balaban J connectivity index is 0.00000261. The number of Topliss-reactive ketones (excluding diaryl/α,β-unsaturated/α-hetero) is 1. The van der Waals surface area contributed by atoms with Crippen LogP contribution in [-0.4, -0.2) is 53.8 Å². The number of nitrogens with one attached hydrogen (secondary N) is 1. The van der Waals surface area contributed by atoms with Crippen LogP contribution in [0.25, 0.3) is 0 Å². The minimum atomic E-state index is -0.643. The fourth-order valence-electron chi connectivity index (χ4n) is 3.68. The molecule has 2 aliphatic rings. The van der Waals surface area contributed by atoms with E-state index in [1.165, 1.54) is 0 Å². The molecule has 1 N–H and O–H groups in total. The fraction of sp³-hybridized carbons (Fsp3) is 0.571. The predicted octanol–water partition coefficient (Wildman–Crippen LogP) is 2.57. The van der Waals surface area contributed by atoms with Crippen LogP contribution in [0.1, 0.15) is 50.0 Å². The van der Waals surface area contributed by atoms with E-state index in [0.717, 1.165) is 5.56 Å². The van der Waals surface area contributed by atoms with Gasteiger partial charge in [0, 0.05) is 12.1 Å². The van der Waals surface area contributed by atoms with Gasteiger partial charge in [-0.05, 0) is 37.8 Å². The molecule has 2 fully saturated rings. The number of likely N-dealkylation sites (tertiary alicyclic amines) is 1. The molecular formula is C21H34N2O4S2. The van der Waals surface area contributed by atoms with Gasteiger partial charge in [0.25, 0.3) is 5.91 Å². The minimum absolute atomic E-state index is 0. The van der Waals surface area contributed by atoms with Crippen molar-refractivity contribution in [1.82, 2.24) is 10.2 Å². The second-order valence-corrected chi connectivity index (χ2v) is 7.60. The molecule has 2 heterocycles. The Labute approximate surface area is 187 Å². The summed E-state index contributed by atoms with van der Waals surface area (Å²) in [6, 6.07) is 6.11. The van der Waals surface area contributed by atoms with Gasteiger partial charge in [0.05, 0.1) is 6.10 Å². The number of aryl methyl sites for hydroxylation is 1. The van der Waals surface area contributed by atoms with Gasteiger partial charge < -0.3 is 15.0 Å². The van der Waals surface area contributed by atoms with Gasteiger partial charge in [0.1, 0.15) is 18.7 Å². The van der Waals surface area contributed by atoms with Crippen molar-refractivity contribution in [3.63, 3.8) is 0 Å². The van der Waals surface area contributed by atoms with Gasteiger partial charge in [0.15, 0.2) is 5.78 Å². The van der Waals surface area contributed by atoms with Crippen molar-refractivity contribution >= 4 is 44.6 Å². The average molecular weight is 443 g/mol. The van der Waals surface area contributed by atoms with Crippen LogP contribution < -0.4 is 5.32 Å². The molecule has 29 heavy (non-hydrogen) atoms. The maximum absolute atomic E-state index is 13.1. The van der Waals surface area contributed by atoms with Gasteiger partial charge in [-0.1, -0.05) is 39.0 Å². The van der Waals surface area contributed by atoms with E-state index in [-0.39, 0.29) is 70.6 Å². The van der Waals surface area contributed by atoms with Crippen molar-refractivity contribution in [2.75, 3.05) is 13.2 Å². The highest BCUT2D eigenvalue weighted by Gasteiger charge is 2.48. The van der Waals surface area contributed by atoms with Crippen LogP contribution in [0.15, 0.2) is 24.3 Å². The van der Waals surface area contributed by atoms with Crippen molar-refractivity contribution in [1.29, 1.82) is 0 Å². The predicted molar refractivity (Wildman–Crippen MR) is 124 cm³/mol. The summed E-state index contributed by atoms with van der Waals surface area (Å²) < 4.78 is 5.46. The Morgan fingerprint density at radius 1 is 1.21 bits per heavy atom. The van der Waals surface area contributed by atoms with E-state index in [0.29, 0.717) is 24.9 Å². The largest absolute Gasteiger partial charge is 0.368 e. The van der Waals surface area contributed by atoms with E-state index in [4.69, 9.17) is 4.74 Å². The number of hydrogen-bond donors (Lipinski definition) is 1. The van der Waals surface area contributed by atoms with Crippen LogP contribution in [0, 0.1) is 12.8 Å². The number of rotatable bonds is 5. The van der Waals surface area contributed by atoms with Crippen molar-refractivity contribution in [3.05, 3.63) is 35.4 Å². The van der Waals surface area contributed by atoms with E-state index in [1.807, 2.05) is 32.9 Å². The number of benzene rings is 1. The fourth-order valence-corrected chi connectivity index (χ4v) is 3.68. The van der Waals surface area contributed by atoms with E-state index >= 15 is 0 Å². The summed E-state index contributed by atoms with van der Waals surface area (Å²) in [5.41, 5.74) is 1.59. The van der Waals surface area contributed by atoms with E-state index in [2.05, 4.69) is 5.32 Å². The van der Waals surface area contributed by atoms with E-state index < -0.39 is 12.1 Å². The first-order valence-electron chi connectivity index (χ1n) is 9.19. The average Bonchev–Trinajstić information content (AvgIpc) is 3.17. The molecule has 0 unspecified atom stereocenters. The normalized spacial score (nSPS) is 20.8. The molecular weight excluding hydrogens is 408 g/mol. The third-order valence-corrected chi connectivity index (χ3v) is 5.02. The number of carbonyl (C=O) groups is 3. The molecule has 2 amide bonds. The van der Waals surface area contributed by atoms with Gasteiger partial charge in [-0.15, -0.1) is 0 Å². The smallest absolute Gasteiger partial charge is 0.251 e. The van der Waals surface area contributed by atoms with Gasteiger partial charge in [-0.3, -0.25) is 14.4 Å². The second-order valence-electron chi connectivity index (χ2n) is 7.60. The Morgan fingerprint density at radius 2 is 1.83 bits per heavy atom. The Morgan fingerprint density at radius 3 is 2.41 bits per heavy atom. The highest BCUT2D eigenvalue weighted by atomic mass is 32.1. The summed E-state index contributed by atoms with van der Waals surface area (Å²) in [4.78, 5) is 39.4. The lowest BCUT2D eigenvalue weighted by molar-refractivity contribution is -0.138. The van der Waals surface area contributed by atoms with Crippen molar-refractivity contribution in [2.24, 2.45) is 5.92 Å². The summed E-state index contributed by atoms with van der Waals surface area (Å²) >= 11 is 0. The SMILES string of the molecule is C.Cc1ccc(C(=O)N[C@@H](CC(C)C)C(=O)N2CC[C@H]3OCC(=O)[C@H]32)cc1.S.S. The summed E-state index contributed by atoms with van der Waals surface area (Å²) in [6.07, 6.45) is 1.00. The van der Waals surface area contributed by atoms with E-state index in [9.17, 15) is 14.4 Å². The van der Waals surface area contributed by atoms with Crippen molar-refractivity contribution in [2.45, 2.75) is 59.2 Å². The van der Waals surface area contributed by atoms with Gasteiger partial charge >= 0.3 is 0 Å². The summed E-state index contributed by atoms with van der Waals surface area (Å²) in [5, 5.41) is 2.87. The molecule has 0 aromatic heterocycles. The van der Waals surface area contributed by atoms with E-state index in [1.54, 1.807) is 17.0 Å². The molecule has 0 bridgehead atoms. The van der Waals surface area contributed by atoms with Gasteiger partial charge in [0.2, 0.25) is 5.91 Å². The molecule has 1 aromatic rings. The van der Waals surface area contributed by atoms with Crippen LogP contribution in [0.2, 0.25) is 0 Å². The minimum Gasteiger partial charge on any atom is -0.368 e. The Hall–Kier alpha value is -1.51. The van der Waals surface area contributed by atoms with Crippen LogP contribution in [0.5, 0.6) is 0 Å². The Kier molecular flexibility index (Phi) is 11.0. The molecule has 3 rings (SSSR count). The molecule has 6 nitrogen and oxygen atoms in total. The molecule has 2 saturated heterocycles. The molecule has 2 aliphatic heterocycles. The van der Waals surface area contributed by atoms with Gasteiger partial charge in [-0.25, -0.2) is 0 Å². The maximum atomic E-state index is 13.1. The molecule has 0 radical (unpaired) electrons. The van der Waals surface area contributed by atoms with Crippen LogP contribution in [0.3, 0.4) is 0 Å². The Bertz CT molecular complexity index is 709. The lowest BCUT2D eigenvalue weighted by Crippen LogP contribution is -2.52. The molecule has 0 spiro atoms. The first-order valence-corrected chi connectivity index (χ1v) is 9.19. The lowest BCUT2D eigenvalue weighted by Gasteiger charge is -2.28. The number of amides is 2. The number of carbonyl (C=O) groups excluding carboxylic acids is 3. The topological polar surface area (TPSA) is 75.7 Å². The van der Waals surface area contributed by atoms with Gasteiger partial charge in [-0.2, -0.15) is 27.0 Å². The third kappa shape index (κ3) is 6.23. The van der Waals surface area contributed by atoms with Crippen molar-refractivity contribution < 1.29 is 19.1 Å². The highest BCUT2D eigenvalue weighted by Crippen LogP contribution is 2.28. The summed E-state index contributed by atoms with van der Waals surface area (Å²) in [5.74, 6) is -0.274. The molecule has 3 atom stereocenters. The molecule has 8 heteroatoms. The van der Waals surface area contributed by atoms with Crippen LogP contribution in [0.4, 0.5) is 0 Å². The maximum Gasteiger partial charge on any atom is 0.251 e. The monoisotopic (exact) mass is 442 g/mol. The zero-order valence-electron chi connectivity index (χ0n) is 16.5. The highest BCUT2D eigenvalue weighted by molar-refractivity contribution is 7.59. The number of fused-ring (bicyclic) bond motifs is 1. The van der Waals surface area contributed by atoms with Crippen LogP contribution in [-0.2, 0) is 14.3 Å². The molecule has 1 aromatic carbocycles. The van der Waals surface area contributed by atoms with Crippen LogP contribution >= 0.6 is 27.0 Å². The number of ether oxygens (including phenoxy) is 1. The first kappa shape index (κ1) is 27.5. The standard InChI is InChI=1S/C20H26N2O4.CH4.2H2S/c1-12(2)10-15(21-19(24)14-6-4-13(3)5-7-14)20(25)22-9-8-17-18(22)16(23)11-26-17;;;/h4-7,12,15,17-18H,8-11H2,1-3H3,(H,21,24);1H4;2*1H2/t15-,17+,18+;;;/m0.../s1. The zero-order chi connectivity index (χ0) is 18.8. The second kappa shape index (κ2) is 11.6. The van der Waals surface area contributed by atoms with Crippen molar-refractivity contribution in [3.8, 4) is 0 Å².